The molecule has 2 bridgehead atoms. The largest absolute Gasteiger partial charge is 0.481 e. The number of aliphatic carboxylic acids is 1. The normalized spacial score (nSPS) is 48.8. The fraction of sp³-hybridized carbons (Fsp3) is 0.850. The predicted molar refractivity (Wildman–Crippen MR) is 91.0 cm³/mol. The Balaban J connectivity index is 1.96. The van der Waals surface area contributed by atoms with Gasteiger partial charge in [-0.1, -0.05) is 19.1 Å². The van der Waals surface area contributed by atoms with Crippen molar-refractivity contribution < 1.29 is 15.0 Å². The van der Waals surface area contributed by atoms with Crippen LogP contribution in [0.15, 0.2) is 12.2 Å². The number of carbonyl (C=O) groups is 1. The van der Waals surface area contributed by atoms with Gasteiger partial charge in [-0.2, -0.15) is 0 Å². The third kappa shape index (κ3) is 2.56. The van der Waals surface area contributed by atoms with E-state index in [-0.39, 0.29) is 17.3 Å². The van der Waals surface area contributed by atoms with E-state index < -0.39 is 11.6 Å². The van der Waals surface area contributed by atoms with Gasteiger partial charge in [0.2, 0.25) is 0 Å². The lowest BCUT2D eigenvalue weighted by molar-refractivity contribution is -0.208. The Kier molecular flexibility index (Phi) is 3.95. The molecular weight excluding hydrogens is 288 g/mol. The summed E-state index contributed by atoms with van der Waals surface area (Å²) in [4.78, 5) is 11.2. The first kappa shape index (κ1) is 17.0. The number of carboxylic acid groups (broad SMARTS) is 1. The average molecular weight is 320 g/mol. The van der Waals surface area contributed by atoms with Crippen LogP contribution in [0.4, 0.5) is 0 Å². The SMILES string of the molecule is C=C(C)[C@H]1CC[C@@]23CC[C@@H](C[C@H]2[C@]1(C)CCC(=O)O)[C@](C)(O)C3. The summed E-state index contributed by atoms with van der Waals surface area (Å²) in [5.41, 5.74) is 0.911. The molecule has 3 heteroatoms. The zero-order valence-electron chi connectivity index (χ0n) is 14.9. The molecule has 1 spiro atoms. The molecule has 0 unspecified atom stereocenters. The van der Waals surface area contributed by atoms with Crippen LogP contribution in [-0.2, 0) is 4.79 Å². The summed E-state index contributed by atoms with van der Waals surface area (Å²) >= 11 is 0. The van der Waals surface area contributed by atoms with Crippen LogP contribution in [0.1, 0.15) is 72.1 Å². The second-order valence-corrected chi connectivity index (χ2v) is 9.26. The molecule has 4 aliphatic rings. The molecule has 4 saturated carbocycles. The van der Waals surface area contributed by atoms with Gasteiger partial charge in [-0.05, 0) is 87.4 Å². The summed E-state index contributed by atoms with van der Waals surface area (Å²) in [6, 6.07) is 0. The third-order valence-electron chi connectivity index (χ3n) is 7.83. The van der Waals surface area contributed by atoms with Crippen LogP contribution >= 0.6 is 0 Å². The lowest BCUT2D eigenvalue weighted by Crippen LogP contribution is -2.62. The average Bonchev–Trinajstić information content (AvgIpc) is 2.43. The van der Waals surface area contributed by atoms with Crippen LogP contribution in [0, 0.1) is 28.6 Å². The van der Waals surface area contributed by atoms with E-state index in [1.54, 1.807) is 0 Å². The summed E-state index contributed by atoms with van der Waals surface area (Å²) in [7, 11) is 0. The van der Waals surface area contributed by atoms with Crippen molar-refractivity contribution in [1.82, 2.24) is 0 Å². The van der Waals surface area contributed by atoms with Gasteiger partial charge in [-0.25, -0.2) is 0 Å². The minimum atomic E-state index is -0.695. The quantitative estimate of drug-likeness (QED) is 0.755. The molecule has 130 valence electrons. The van der Waals surface area contributed by atoms with Crippen molar-refractivity contribution in [3.05, 3.63) is 12.2 Å². The van der Waals surface area contributed by atoms with Crippen LogP contribution < -0.4 is 0 Å². The fourth-order valence-electron chi connectivity index (χ4n) is 6.82. The first-order valence-corrected chi connectivity index (χ1v) is 9.20. The number of aliphatic hydroxyl groups is 1. The number of hydrogen-bond donors (Lipinski definition) is 2. The van der Waals surface area contributed by atoms with Crippen LogP contribution in [0.3, 0.4) is 0 Å². The van der Waals surface area contributed by atoms with E-state index in [1.807, 2.05) is 6.92 Å². The summed E-state index contributed by atoms with van der Waals surface area (Å²) in [5.74, 6) is 0.632. The highest BCUT2D eigenvalue weighted by molar-refractivity contribution is 5.66. The van der Waals surface area contributed by atoms with Crippen molar-refractivity contribution >= 4 is 5.97 Å². The van der Waals surface area contributed by atoms with E-state index in [2.05, 4.69) is 20.4 Å². The van der Waals surface area contributed by atoms with E-state index in [0.29, 0.717) is 17.8 Å². The van der Waals surface area contributed by atoms with Crippen LogP contribution in [0.2, 0.25) is 0 Å². The van der Waals surface area contributed by atoms with E-state index >= 15 is 0 Å². The first-order valence-electron chi connectivity index (χ1n) is 9.20. The van der Waals surface area contributed by atoms with Gasteiger partial charge in [0.1, 0.15) is 0 Å². The third-order valence-corrected chi connectivity index (χ3v) is 7.83. The minimum Gasteiger partial charge on any atom is -0.481 e. The van der Waals surface area contributed by atoms with Crippen LogP contribution in [-0.4, -0.2) is 21.8 Å². The van der Waals surface area contributed by atoms with Gasteiger partial charge in [0.15, 0.2) is 0 Å². The van der Waals surface area contributed by atoms with E-state index in [0.717, 1.165) is 32.1 Å². The molecule has 4 aliphatic carbocycles. The maximum absolute atomic E-state index is 11.2. The zero-order chi connectivity index (χ0) is 17.0. The van der Waals surface area contributed by atoms with Gasteiger partial charge in [0.25, 0.3) is 0 Å². The fourth-order valence-corrected chi connectivity index (χ4v) is 6.82. The van der Waals surface area contributed by atoms with Gasteiger partial charge >= 0.3 is 5.97 Å². The highest BCUT2D eigenvalue weighted by Crippen LogP contribution is 2.69. The Morgan fingerprint density at radius 3 is 2.48 bits per heavy atom. The Labute approximate surface area is 140 Å². The van der Waals surface area contributed by atoms with E-state index in [4.69, 9.17) is 0 Å². The highest BCUT2D eigenvalue weighted by Gasteiger charge is 2.63. The first-order chi connectivity index (χ1) is 10.6. The van der Waals surface area contributed by atoms with Crippen molar-refractivity contribution in [2.45, 2.75) is 77.7 Å². The van der Waals surface area contributed by atoms with Crippen molar-refractivity contribution in [2.24, 2.45) is 28.6 Å². The minimum absolute atomic E-state index is 0.0116. The maximum Gasteiger partial charge on any atom is 0.303 e. The molecule has 2 N–H and O–H groups in total. The molecule has 0 heterocycles. The molecule has 0 radical (unpaired) electrons. The molecular formula is C20H32O3. The Morgan fingerprint density at radius 2 is 1.91 bits per heavy atom. The van der Waals surface area contributed by atoms with Gasteiger partial charge in [0.05, 0.1) is 5.60 Å². The molecule has 23 heavy (non-hydrogen) atoms. The topological polar surface area (TPSA) is 57.5 Å². The second-order valence-electron chi connectivity index (χ2n) is 9.26. The molecule has 0 aromatic heterocycles. The van der Waals surface area contributed by atoms with Gasteiger partial charge < -0.3 is 10.2 Å². The molecule has 0 aromatic carbocycles. The van der Waals surface area contributed by atoms with Crippen molar-refractivity contribution in [2.75, 3.05) is 0 Å². The van der Waals surface area contributed by atoms with Gasteiger partial charge in [0, 0.05) is 6.42 Å². The molecule has 4 fully saturated rings. The number of fused-ring (bicyclic) bond motifs is 2. The van der Waals surface area contributed by atoms with Crippen LogP contribution in [0.5, 0.6) is 0 Å². The zero-order valence-corrected chi connectivity index (χ0v) is 14.9. The monoisotopic (exact) mass is 320 g/mol. The molecule has 0 saturated heterocycles. The molecule has 4 rings (SSSR count). The molecule has 3 nitrogen and oxygen atoms in total. The number of hydrogen-bond acceptors (Lipinski definition) is 2. The molecule has 0 aliphatic heterocycles. The number of rotatable bonds is 4. The Hall–Kier alpha value is -0.830. The lowest BCUT2D eigenvalue weighted by Gasteiger charge is -2.67. The second kappa shape index (κ2) is 5.34. The summed E-state index contributed by atoms with van der Waals surface area (Å²) < 4.78 is 0. The van der Waals surface area contributed by atoms with E-state index in [9.17, 15) is 15.0 Å². The highest BCUT2D eigenvalue weighted by atomic mass is 16.4. The van der Waals surface area contributed by atoms with Gasteiger partial charge in [-0.15, -0.1) is 0 Å². The van der Waals surface area contributed by atoms with Crippen molar-refractivity contribution in [1.29, 1.82) is 0 Å². The smallest absolute Gasteiger partial charge is 0.303 e. The Bertz CT molecular complexity index is 523. The molecule has 0 amide bonds. The van der Waals surface area contributed by atoms with Crippen molar-refractivity contribution in [3.8, 4) is 0 Å². The van der Waals surface area contributed by atoms with Gasteiger partial charge in [-0.3, -0.25) is 4.79 Å². The molecule has 6 atom stereocenters. The standard InChI is InChI=1S/C20H32O3/c1-13(2)15-6-10-20-9-5-14(19(4,23)12-20)11-16(20)18(15,3)8-7-17(21)22/h14-16,23H,1,5-12H2,2-4H3,(H,21,22)/t14-,15+,16-,18+,19+,20+/m0/s1. The predicted octanol–water partition coefficient (Wildman–Crippen LogP) is 4.40. The summed E-state index contributed by atoms with van der Waals surface area (Å²) in [6.45, 7) is 10.7. The lowest BCUT2D eigenvalue weighted by atomic mass is 9.38. The van der Waals surface area contributed by atoms with Crippen molar-refractivity contribution in [3.63, 3.8) is 0 Å². The molecule has 0 aromatic rings. The Morgan fingerprint density at radius 1 is 1.26 bits per heavy atom. The summed E-state index contributed by atoms with van der Waals surface area (Å²) in [6.07, 6.45) is 7.56. The van der Waals surface area contributed by atoms with E-state index in [1.165, 1.54) is 18.4 Å². The summed E-state index contributed by atoms with van der Waals surface area (Å²) in [5, 5.41) is 20.1. The number of allylic oxidation sites excluding steroid dienone is 1. The van der Waals surface area contributed by atoms with Crippen LogP contribution in [0.25, 0.3) is 0 Å². The maximum atomic E-state index is 11.2. The number of carboxylic acids is 1.